The van der Waals surface area contributed by atoms with Gasteiger partial charge in [0.1, 0.15) is 0 Å². The number of likely N-dealkylation sites (N-methyl/N-ethyl adjacent to an activating group) is 2. The molecule has 0 aliphatic carbocycles. The van der Waals surface area contributed by atoms with Crippen molar-refractivity contribution in [1.29, 1.82) is 0 Å². The van der Waals surface area contributed by atoms with Crippen molar-refractivity contribution in [2.75, 3.05) is 37.4 Å². The molecule has 0 aliphatic rings. The van der Waals surface area contributed by atoms with E-state index in [9.17, 15) is 9.59 Å². The van der Waals surface area contributed by atoms with E-state index in [4.69, 9.17) is 0 Å². The van der Waals surface area contributed by atoms with E-state index in [2.05, 4.69) is 5.32 Å². The van der Waals surface area contributed by atoms with Gasteiger partial charge in [-0.1, -0.05) is 30.3 Å². The highest BCUT2D eigenvalue weighted by Gasteiger charge is 2.15. The molecule has 0 fully saturated rings. The molecule has 5 nitrogen and oxygen atoms in total. The second-order valence-corrected chi connectivity index (χ2v) is 6.31. The summed E-state index contributed by atoms with van der Waals surface area (Å²) in [7, 11) is 3.50. The topological polar surface area (TPSA) is 52.7 Å². The van der Waals surface area contributed by atoms with Crippen LogP contribution in [0.4, 0.5) is 11.4 Å². The number of carbonyl (C=O) groups is 2. The molecule has 2 amide bonds. The largest absolute Gasteiger partial charge is 0.365 e. The highest BCUT2D eigenvalue weighted by atomic mass is 16.2. The third-order valence-corrected chi connectivity index (χ3v) is 4.04. The molecular formula is C20H25N3O2. The van der Waals surface area contributed by atoms with Gasteiger partial charge in [-0.3, -0.25) is 9.59 Å². The van der Waals surface area contributed by atoms with Crippen LogP contribution in [0.25, 0.3) is 0 Å². The lowest BCUT2D eigenvalue weighted by Gasteiger charge is -2.23. The maximum Gasteiger partial charge on any atom is 0.243 e. The van der Waals surface area contributed by atoms with E-state index in [1.165, 1.54) is 4.90 Å². The van der Waals surface area contributed by atoms with Crippen LogP contribution >= 0.6 is 0 Å². The molecule has 1 N–H and O–H groups in total. The van der Waals surface area contributed by atoms with E-state index in [1.807, 2.05) is 74.3 Å². The average Bonchev–Trinajstić information content (AvgIpc) is 2.58. The molecule has 0 bridgehead atoms. The molecule has 0 aromatic heterocycles. The number of para-hydroxylation sites is 1. The number of anilines is 2. The summed E-state index contributed by atoms with van der Waals surface area (Å²) in [4.78, 5) is 27.9. The Morgan fingerprint density at radius 2 is 1.64 bits per heavy atom. The highest BCUT2D eigenvalue weighted by molar-refractivity contribution is 5.95. The summed E-state index contributed by atoms with van der Waals surface area (Å²) in [6, 6.07) is 15.6. The maximum absolute atomic E-state index is 12.3. The van der Waals surface area contributed by atoms with Gasteiger partial charge in [-0.25, -0.2) is 0 Å². The third-order valence-electron chi connectivity index (χ3n) is 4.04. The van der Waals surface area contributed by atoms with E-state index in [0.717, 1.165) is 22.5 Å². The third kappa shape index (κ3) is 5.35. The molecule has 0 heterocycles. The molecular weight excluding hydrogens is 314 g/mol. The van der Waals surface area contributed by atoms with Crippen LogP contribution in [0.3, 0.4) is 0 Å². The van der Waals surface area contributed by atoms with Gasteiger partial charge in [0.15, 0.2) is 0 Å². The van der Waals surface area contributed by atoms with Crippen LogP contribution in [-0.4, -0.2) is 43.9 Å². The molecule has 0 spiro atoms. The zero-order valence-electron chi connectivity index (χ0n) is 15.2. The minimum Gasteiger partial charge on any atom is -0.365 e. The first-order chi connectivity index (χ1) is 11.9. The number of amides is 2. The van der Waals surface area contributed by atoms with Gasteiger partial charge < -0.3 is 15.1 Å². The first-order valence-corrected chi connectivity index (χ1v) is 8.24. The molecule has 2 aromatic rings. The molecule has 0 unspecified atom stereocenters. The van der Waals surface area contributed by atoms with Gasteiger partial charge in [0, 0.05) is 25.5 Å². The van der Waals surface area contributed by atoms with Crippen molar-refractivity contribution in [3.8, 4) is 0 Å². The molecule has 0 aliphatic heterocycles. The van der Waals surface area contributed by atoms with Crippen LogP contribution in [0.15, 0.2) is 48.5 Å². The Morgan fingerprint density at radius 1 is 0.960 bits per heavy atom. The van der Waals surface area contributed by atoms with Crippen molar-refractivity contribution in [3.05, 3.63) is 59.7 Å². The Hall–Kier alpha value is -2.82. The quantitative estimate of drug-likeness (QED) is 0.880. The van der Waals surface area contributed by atoms with E-state index in [1.54, 1.807) is 7.05 Å². The Kier molecular flexibility index (Phi) is 6.17. The summed E-state index contributed by atoms with van der Waals surface area (Å²) >= 11 is 0. The second kappa shape index (κ2) is 8.33. The highest BCUT2D eigenvalue weighted by Crippen LogP contribution is 2.16. The monoisotopic (exact) mass is 339 g/mol. The van der Waals surface area contributed by atoms with E-state index >= 15 is 0 Å². The van der Waals surface area contributed by atoms with Crippen molar-refractivity contribution in [3.63, 3.8) is 0 Å². The molecule has 0 atom stereocenters. The first-order valence-electron chi connectivity index (χ1n) is 8.24. The SMILES string of the molecule is Cc1ccc(C)c(NC(=O)CN(C)C(=O)CN(C)c2ccccc2)c1. The normalized spacial score (nSPS) is 10.2. The van der Waals surface area contributed by atoms with Crippen LogP contribution < -0.4 is 10.2 Å². The average molecular weight is 339 g/mol. The van der Waals surface area contributed by atoms with Gasteiger partial charge in [-0.05, 0) is 43.2 Å². The fourth-order valence-electron chi connectivity index (χ4n) is 2.46. The van der Waals surface area contributed by atoms with E-state index in [0.29, 0.717) is 0 Å². The number of hydrogen-bond donors (Lipinski definition) is 1. The smallest absolute Gasteiger partial charge is 0.243 e. The minimum absolute atomic E-state index is 0.0227. The lowest BCUT2D eigenvalue weighted by Crippen LogP contribution is -2.40. The maximum atomic E-state index is 12.3. The molecule has 25 heavy (non-hydrogen) atoms. The summed E-state index contributed by atoms with van der Waals surface area (Å²) in [5.41, 5.74) is 3.82. The molecule has 2 rings (SSSR count). The van der Waals surface area contributed by atoms with Crippen LogP contribution in [-0.2, 0) is 9.59 Å². The number of aryl methyl sites for hydroxylation is 2. The van der Waals surface area contributed by atoms with Gasteiger partial charge in [0.25, 0.3) is 0 Å². The van der Waals surface area contributed by atoms with Gasteiger partial charge in [0.2, 0.25) is 11.8 Å². The van der Waals surface area contributed by atoms with Crippen LogP contribution in [0.2, 0.25) is 0 Å². The Morgan fingerprint density at radius 3 is 2.32 bits per heavy atom. The van der Waals surface area contributed by atoms with Crippen molar-refractivity contribution in [2.24, 2.45) is 0 Å². The standard InChI is InChI=1S/C20H25N3O2/c1-15-10-11-16(2)18(12-15)21-19(24)13-23(4)20(25)14-22(3)17-8-6-5-7-9-17/h5-12H,13-14H2,1-4H3,(H,21,24). The fourth-order valence-corrected chi connectivity index (χ4v) is 2.46. The fraction of sp³-hybridized carbons (Fsp3) is 0.300. The van der Waals surface area contributed by atoms with Crippen LogP contribution in [0.1, 0.15) is 11.1 Å². The summed E-state index contributed by atoms with van der Waals surface area (Å²) in [5, 5.41) is 2.88. The van der Waals surface area contributed by atoms with Gasteiger partial charge in [-0.15, -0.1) is 0 Å². The van der Waals surface area contributed by atoms with E-state index in [-0.39, 0.29) is 24.9 Å². The van der Waals surface area contributed by atoms with Crippen molar-refractivity contribution in [2.45, 2.75) is 13.8 Å². The molecule has 0 saturated heterocycles. The lowest BCUT2D eigenvalue weighted by atomic mass is 10.1. The van der Waals surface area contributed by atoms with Crippen LogP contribution in [0.5, 0.6) is 0 Å². The number of nitrogens with zero attached hydrogens (tertiary/aromatic N) is 2. The van der Waals surface area contributed by atoms with E-state index < -0.39 is 0 Å². The Labute approximate surface area is 149 Å². The second-order valence-electron chi connectivity index (χ2n) is 6.31. The van der Waals surface area contributed by atoms with Crippen molar-refractivity contribution < 1.29 is 9.59 Å². The molecule has 132 valence electrons. The van der Waals surface area contributed by atoms with Gasteiger partial charge in [0.05, 0.1) is 13.1 Å². The summed E-state index contributed by atoms with van der Waals surface area (Å²) in [6.07, 6.45) is 0. The first kappa shape index (κ1) is 18.5. The molecule has 0 radical (unpaired) electrons. The van der Waals surface area contributed by atoms with Gasteiger partial charge >= 0.3 is 0 Å². The zero-order valence-corrected chi connectivity index (χ0v) is 15.2. The predicted molar refractivity (Wildman–Crippen MR) is 102 cm³/mol. The Balaban J connectivity index is 1.90. The molecule has 2 aromatic carbocycles. The Bertz CT molecular complexity index is 744. The van der Waals surface area contributed by atoms with Crippen molar-refractivity contribution >= 4 is 23.2 Å². The minimum atomic E-state index is -0.202. The number of hydrogen-bond acceptors (Lipinski definition) is 3. The zero-order chi connectivity index (χ0) is 18.4. The van der Waals surface area contributed by atoms with Crippen molar-refractivity contribution in [1.82, 2.24) is 4.90 Å². The summed E-state index contributed by atoms with van der Waals surface area (Å²) < 4.78 is 0. The number of carbonyl (C=O) groups excluding carboxylic acids is 2. The number of rotatable bonds is 6. The predicted octanol–water partition coefficient (Wildman–Crippen LogP) is 2.84. The lowest BCUT2D eigenvalue weighted by molar-refractivity contribution is -0.132. The van der Waals surface area contributed by atoms with Gasteiger partial charge in [-0.2, -0.15) is 0 Å². The number of nitrogens with one attached hydrogen (secondary N) is 1. The van der Waals surface area contributed by atoms with Crippen LogP contribution in [0, 0.1) is 13.8 Å². The number of benzene rings is 2. The summed E-state index contributed by atoms with van der Waals surface area (Å²) in [6.45, 7) is 4.16. The molecule has 5 heteroatoms. The molecule has 0 saturated carbocycles. The summed E-state index contributed by atoms with van der Waals surface area (Å²) in [5.74, 6) is -0.311.